The summed E-state index contributed by atoms with van der Waals surface area (Å²) in [7, 11) is 0. The minimum Gasteiger partial charge on any atom is -0.463 e. The van der Waals surface area contributed by atoms with Gasteiger partial charge in [0.15, 0.2) is 0 Å². The molecule has 0 aromatic heterocycles. The second-order valence-corrected chi connectivity index (χ2v) is 7.70. The van der Waals surface area contributed by atoms with Crippen LogP contribution in [0.15, 0.2) is 12.2 Å². The molecule has 26 heavy (non-hydrogen) atoms. The molecule has 2 rings (SSSR count). The van der Waals surface area contributed by atoms with Crippen LogP contribution in [0.1, 0.15) is 72.1 Å². The molecule has 0 bridgehead atoms. The normalized spacial score (nSPS) is 35.7. The lowest BCUT2D eigenvalue weighted by atomic mass is 9.82. The van der Waals surface area contributed by atoms with E-state index >= 15 is 0 Å². The van der Waals surface area contributed by atoms with Gasteiger partial charge < -0.3 is 14.2 Å². The summed E-state index contributed by atoms with van der Waals surface area (Å²) in [6.45, 7) is 6.37. The number of cyclic esters (lactones) is 1. The molecule has 2 aliphatic heterocycles. The number of fused-ring (bicyclic) bond motifs is 1. The predicted octanol–water partition coefficient (Wildman–Crippen LogP) is 4.19. The molecule has 5 atom stereocenters. The SMILES string of the molecule is C[C@@H]1[C@@H](C)[C@H](C)O[C@@H]2COC(=O)CCCCC=CCCCCC(=O)O[C@@H]12. The Balaban J connectivity index is 2.03. The second-order valence-electron chi connectivity index (χ2n) is 7.70. The lowest BCUT2D eigenvalue weighted by molar-refractivity contribution is -0.204. The molecular weight excluding hydrogens is 332 g/mol. The first-order chi connectivity index (χ1) is 12.5. The summed E-state index contributed by atoms with van der Waals surface area (Å²) in [5.41, 5.74) is 0. The van der Waals surface area contributed by atoms with Gasteiger partial charge in [-0.2, -0.15) is 0 Å². The topological polar surface area (TPSA) is 61.8 Å². The van der Waals surface area contributed by atoms with Gasteiger partial charge in [-0.3, -0.25) is 9.59 Å². The third kappa shape index (κ3) is 6.42. The van der Waals surface area contributed by atoms with Crippen LogP contribution in [0.3, 0.4) is 0 Å². The predicted molar refractivity (Wildman–Crippen MR) is 99.6 cm³/mol. The van der Waals surface area contributed by atoms with Crippen LogP contribution in [0.5, 0.6) is 0 Å². The lowest BCUT2D eigenvalue weighted by Gasteiger charge is -2.43. The Kier molecular flexibility index (Phi) is 8.63. The van der Waals surface area contributed by atoms with Crippen molar-refractivity contribution in [3.63, 3.8) is 0 Å². The van der Waals surface area contributed by atoms with Crippen LogP contribution in [0, 0.1) is 11.8 Å². The zero-order chi connectivity index (χ0) is 18.9. The fourth-order valence-electron chi connectivity index (χ4n) is 3.62. The highest BCUT2D eigenvalue weighted by Crippen LogP contribution is 2.33. The first-order valence-corrected chi connectivity index (χ1v) is 10.1. The maximum absolute atomic E-state index is 12.3. The van der Waals surface area contributed by atoms with Crippen molar-refractivity contribution in [3.05, 3.63) is 12.2 Å². The van der Waals surface area contributed by atoms with Gasteiger partial charge in [-0.05, 0) is 51.4 Å². The molecule has 0 unspecified atom stereocenters. The van der Waals surface area contributed by atoms with Gasteiger partial charge in [0.1, 0.15) is 18.8 Å². The van der Waals surface area contributed by atoms with Crippen molar-refractivity contribution >= 4 is 11.9 Å². The van der Waals surface area contributed by atoms with E-state index in [0.717, 1.165) is 38.5 Å². The van der Waals surface area contributed by atoms with Crippen molar-refractivity contribution in [1.29, 1.82) is 0 Å². The summed E-state index contributed by atoms with van der Waals surface area (Å²) >= 11 is 0. The van der Waals surface area contributed by atoms with Crippen molar-refractivity contribution in [2.45, 2.75) is 90.4 Å². The van der Waals surface area contributed by atoms with Gasteiger partial charge in [-0.15, -0.1) is 0 Å². The van der Waals surface area contributed by atoms with Crippen LogP contribution in [0.2, 0.25) is 0 Å². The van der Waals surface area contributed by atoms with Gasteiger partial charge in [0.05, 0.1) is 6.10 Å². The summed E-state index contributed by atoms with van der Waals surface area (Å²) in [5, 5.41) is 0. The van der Waals surface area contributed by atoms with E-state index < -0.39 is 0 Å². The molecule has 5 nitrogen and oxygen atoms in total. The summed E-state index contributed by atoms with van der Waals surface area (Å²) in [4.78, 5) is 24.3. The van der Waals surface area contributed by atoms with Crippen LogP contribution in [-0.4, -0.2) is 36.9 Å². The van der Waals surface area contributed by atoms with E-state index in [4.69, 9.17) is 14.2 Å². The maximum Gasteiger partial charge on any atom is 0.306 e. The van der Waals surface area contributed by atoms with E-state index in [1.807, 2.05) is 6.92 Å². The molecule has 0 amide bonds. The van der Waals surface area contributed by atoms with E-state index in [-0.39, 0.29) is 48.7 Å². The van der Waals surface area contributed by atoms with Gasteiger partial charge in [-0.25, -0.2) is 0 Å². The van der Waals surface area contributed by atoms with Gasteiger partial charge >= 0.3 is 11.9 Å². The summed E-state index contributed by atoms with van der Waals surface area (Å²) < 4.78 is 17.2. The molecule has 0 aromatic carbocycles. The Labute approximate surface area is 157 Å². The molecule has 2 aliphatic rings. The average molecular weight is 366 g/mol. The number of allylic oxidation sites excluding steroid dienone is 2. The van der Waals surface area contributed by atoms with Crippen LogP contribution in [0.4, 0.5) is 0 Å². The van der Waals surface area contributed by atoms with Crippen molar-refractivity contribution in [3.8, 4) is 0 Å². The molecule has 0 radical (unpaired) electrons. The van der Waals surface area contributed by atoms with Gasteiger partial charge in [0.2, 0.25) is 0 Å². The molecule has 5 heteroatoms. The Hall–Kier alpha value is -1.36. The molecule has 0 saturated carbocycles. The first-order valence-electron chi connectivity index (χ1n) is 10.1. The van der Waals surface area contributed by atoms with Crippen molar-refractivity contribution in [2.75, 3.05) is 6.61 Å². The summed E-state index contributed by atoms with van der Waals surface area (Å²) in [6, 6.07) is 0. The third-order valence-corrected chi connectivity index (χ3v) is 5.69. The maximum atomic E-state index is 12.3. The summed E-state index contributed by atoms with van der Waals surface area (Å²) in [6.07, 6.45) is 10.1. The van der Waals surface area contributed by atoms with E-state index in [9.17, 15) is 9.59 Å². The largest absolute Gasteiger partial charge is 0.463 e. The van der Waals surface area contributed by atoms with Crippen LogP contribution in [-0.2, 0) is 23.8 Å². The van der Waals surface area contributed by atoms with Gasteiger partial charge in [0, 0.05) is 18.8 Å². The smallest absolute Gasteiger partial charge is 0.306 e. The Bertz CT molecular complexity index is 487. The molecule has 0 aliphatic carbocycles. The highest BCUT2D eigenvalue weighted by atomic mass is 16.6. The van der Waals surface area contributed by atoms with E-state index in [1.54, 1.807) is 0 Å². The van der Waals surface area contributed by atoms with E-state index in [1.165, 1.54) is 0 Å². The zero-order valence-electron chi connectivity index (χ0n) is 16.4. The molecule has 148 valence electrons. The zero-order valence-corrected chi connectivity index (χ0v) is 16.4. The number of hydrogen-bond donors (Lipinski definition) is 0. The highest BCUT2D eigenvalue weighted by Gasteiger charge is 2.42. The van der Waals surface area contributed by atoms with Gasteiger partial charge in [-0.1, -0.05) is 26.0 Å². The monoisotopic (exact) mass is 366 g/mol. The molecular formula is C21H34O5. The number of carbonyl (C=O) groups is 2. The lowest BCUT2D eigenvalue weighted by Crippen LogP contribution is -2.52. The molecule has 0 spiro atoms. The van der Waals surface area contributed by atoms with Crippen molar-refractivity contribution in [2.24, 2.45) is 11.8 Å². The Morgan fingerprint density at radius 3 is 2.12 bits per heavy atom. The molecule has 1 saturated heterocycles. The number of rotatable bonds is 0. The Morgan fingerprint density at radius 2 is 1.46 bits per heavy atom. The number of esters is 2. The molecule has 2 heterocycles. The quantitative estimate of drug-likeness (QED) is 0.475. The molecule has 0 aromatic rings. The van der Waals surface area contributed by atoms with Crippen LogP contribution >= 0.6 is 0 Å². The third-order valence-electron chi connectivity index (χ3n) is 5.69. The minimum absolute atomic E-state index is 0.0452. The van der Waals surface area contributed by atoms with Crippen molar-refractivity contribution in [1.82, 2.24) is 0 Å². The van der Waals surface area contributed by atoms with Crippen LogP contribution < -0.4 is 0 Å². The first kappa shape index (κ1) is 20.9. The molecule has 0 N–H and O–H groups in total. The van der Waals surface area contributed by atoms with Crippen molar-refractivity contribution < 1.29 is 23.8 Å². The van der Waals surface area contributed by atoms with Crippen LogP contribution in [0.25, 0.3) is 0 Å². The molecule has 1 fully saturated rings. The highest BCUT2D eigenvalue weighted by molar-refractivity contribution is 5.70. The number of ether oxygens (including phenoxy) is 3. The van der Waals surface area contributed by atoms with E-state index in [2.05, 4.69) is 26.0 Å². The fourth-order valence-corrected chi connectivity index (χ4v) is 3.62. The Morgan fingerprint density at radius 1 is 0.846 bits per heavy atom. The standard InChI is InChI=1S/C21H34O5/c1-15-16(2)21-18(25-17(15)3)14-24-19(22)12-10-8-6-4-5-7-9-11-13-20(23)26-21/h4-5,15-18,21H,6-14H2,1-3H3/t15-,16-,17+,18-,21+/m1/s1. The number of carbonyl (C=O) groups excluding carboxylic acids is 2. The number of hydrogen-bond acceptors (Lipinski definition) is 5. The van der Waals surface area contributed by atoms with E-state index in [0.29, 0.717) is 12.8 Å². The average Bonchev–Trinajstić information content (AvgIpc) is 2.61. The van der Waals surface area contributed by atoms with Gasteiger partial charge in [0.25, 0.3) is 0 Å². The second kappa shape index (κ2) is 10.7. The summed E-state index contributed by atoms with van der Waals surface area (Å²) in [5.74, 6) is 0.0538. The minimum atomic E-state index is -0.388. The fraction of sp³-hybridized carbons (Fsp3) is 0.810.